The zero-order valence-electron chi connectivity index (χ0n) is 15.5. The number of nitro benzene ring substituents is 1. The van der Waals surface area contributed by atoms with Crippen molar-refractivity contribution >= 4 is 22.8 Å². The van der Waals surface area contributed by atoms with Crippen LogP contribution in [-0.2, 0) is 4.74 Å². The molecule has 1 aromatic carbocycles. The van der Waals surface area contributed by atoms with Crippen LogP contribution in [0.15, 0.2) is 24.4 Å². The lowest BCUT2D eigenvalue weighted by Crippen LogP contribution is -2.42. The van der Waals surface area contributed by atoms with Crippen molar-refractivity contribution in [2.45, 2.75) is 45.3 Å². The highest BCUT2D eigenvalue weighted by atomic mass is 16.6. The maximum Gasteiger partial charge on any atom is 0.410 e. The smallest absolute Gasteiger partial charge is 0.410 e. The molecule has 1 amide bonds. The predicted molar refractivity (Wildman–Crippen MR) is 97.6 cm³/mol. The molecule has 144 valence electrons. The molecule has 1 saturated heterocycles. The van der Waals surface area contributed by atoms with Crippen LogP contribution in [0, 0.1) is 10.1 Å². The molecule has 0 spiro atoms. The van der Waals surface area contributed by atoms with Gasteiger partial charge in [-0.25, -0.2) is 14.8 Å². The number of nitrogens with zero attached hydrogens (tertiary/aromatic N) is 4. The number of aromatic nitrogens is 2. The van der Waals surface area contributed by atoms with Crippen LogP contribution in [0.4, 0.5) is 10.5 Å². The number of benzene rings is 1. The third kappa shape index (κ3) is 4.60. The number of fused-ring (bicyclic) bond motifs is 1. The summed E-state index contributed by atoms with van der Waals surface area (Å²) >= 11 is 0. The van der Waals surface area contributed by atoms with Gasteiger partial charge in [-0.2, -0.15) is 0 Å². The van der Waals surface area contributed by atoms with Crippen LogP contribution in [0.5, 0.6) is 5.88 Å². The molecule has 1 unspecified atom stereocenters. The number of hydrogen-bond acceptors (Lipinski definition) is 7. The minimum Gasteiger partial charge on any atom is -0.474 e. The maximum absolute atomic E-state index is 12.3. The van der Waals surface area contributed by atoms with Crippen molar-refractivity contribution in [3.05, 3.63) is 34.5 Å². The van der Waals surface area contributed by atoms with Crippen molar-refractivity contribution in [1.29, 1.82) is 0 Å². The highest BCUT2D eigenvalue weighted by Gasteiger charge is 2.32. The summed E-state index contributed by atoms with van der Waals surface area (Å²) in [6, 6.07) is 4.19. The van der Waals surface area contributed by atoms with Gasteiger partial charge in [-0.1, -0.05) is 0 Å². The number of carbonyl (C=O) groups is 1. The van der Waals surface area contributed by atoms with Crippen molar-refractivity contribution < 1.29 is 19.2 Å². The summed E-state index contributed by atoms with van der Waals surface area (Å²) in [5.74, 6) is 0.312. The quantitative estimate of drug-likeness (QED) is 0.596. The van der Waals surface area contributed by atoms with Gasteiger partial charge in [0.25, 0.3) is 5.69 Å². The summed E-state index contributed by atoms with van der Waals surface area (Å²) in [5, 5.41) is 10.8. The molecular weight excluding hydrogens is 352 g/mol. The summed E-state index contributed by atoms with van der Waals surface area (Å²) in [5.41, 5.74) is 0.350. The number of carbonyl (C=O) groups excluding carboxylic acids is 1. The predicted octanol–water partition coefficient (Wildman–Crippen LogP) is 3.32. The van der Waals surface area contributed by atoms with Gasteiger partial charge in [0.1, 0.15) is 12.2 Å². The Hall–Kier alpha value is -2.97. The normalized spacial score (nSPS) is 17.1. The summed E-state index contributed by atoms with van der Waals surface area (Å²) in [4.78, 5) is 32.8. The van der Waals surface area contributed by atoms with Gasteiger partial charge in [0.2, 0.25) is 5.88 Å². The lowest BCUT2D eigenvalue weighted by Gasteiger charge is -2.28. The van der Waals surface area contributed by atoms with Gasteiger partial charge in [-0.3, -0.25) is 10.1 Å². The van der Waals surface area contributed by atoms with E-state index >= 15 is 0 Å². The molecule has 0 bridgehead atoms. The molecule has 0 radical (unpaired) electrons. The number of nitro groups is 1. The third-order valence-corrected chi connectivity index (χ3v) is 4.14. The second-order valence-corrected chi connectivity index (χ2v) is 7.42. The number of ether oxygens (including phenoxy) is 2. The van der Waals surface area contributed by atoms with Crippen molar-refractivity contribution in [3.63, 3.8) is 0 Å². The Bertz CT molecular complexity index is 864. The average molecular weight is 374 g/mol. The van der Waals surface area contributed by atoms with Gasteiger partial charge in [0, 0.05) is 18.7 Å². The van der Waals surface area contributed by atoms with Crippen LogP contribution < -0.4 is 4.74 Å². The zero-order valence-corrected chi connectivity index (χ0v) is 15.5. The maximum atomic E-state index is 12.3. The van der Waals surface area contributed by atoms with Crippen molar-refractivity contribution in [2.75, 3.05) is 13.2 Å². The molecule has 2 aromatic rings. The fourth-order valence-electron chi connectivity index (χ4n) is 2.92. The average Bonchev–Trinajstić information content (AvgIpc) is 3.06. The van der Waals surface area contributed by atoms with E-state index < -0.39 is 10.5 Å². The van der Waals surface area contributed by atoms with Gasteiger partial charge in [0.05, 0.1) is 28.2 Å². The van der Waals surface area contributed by atoms with Gasteiger partial charge in [0.15, 0.2) is 0 Å². The van der Waals surface area contributed by atoms with E-state index in [9.17, 15) is 14.9 Å². The van der Waals surface area contributed by atoms with E-state index in [1.807, 2.05) is 20.8 Å². The Balaban J connectivity index is 1.66. The minimum atomic E-state index is -0.544. The summed E-state index contributed by atoms with van der Waals surface area (Å²) in [7, 11) is 0. The largest absolute Gasteiger partial charge is 0.474 e. The first-order chi connectivity index (χ1) is 12.7. The number of non-ortho nitro benzene ring substituents is 1. The second-order valence-electron chi connectivity index (χ2n) is 7.42. The van der Waals surface area contributed by atoms with Gasteiger partial charge >= 0.3 is 6.09 Å². The lowest BCUT2D eigenvalue weighted by molar-refractivity contribution is -0.384. The number of rotatable bonds is 4. The molecule has 3 rings (SSSR count). The zero-order chi connectivity index (χ0) is 19.6. The molecule has 1 aliphatic rings. The standard InChI is InChI=1S/C18H22N4O5/c1-18(2,3)27-17(23)21-8-4-5-13(21)11-26-16-10-19-15-9-12(22(24)25)6-7-14(15)20-16/h6-7,9-10,13H,4-5,8,11H2,1-3H3. The first kappa shape index (κ1) is 18.8. The Morgan fingerprint density at radius 1 is 1.37 bits per heavy atom. The molecule has 27 heavy (non-hydrogen) atoms. The van der Waals surface area contributed by atoms with E-state index in [2.05, 4.69) is 9.97 Å². The molecule has 1 atom stereocenters. The molecule has 1 aliphatic heterocycles. The topological polar surface area (TPSA) is 108 Å². The molecule has 9 heteroatoms. The van der Waals surface area contributed by atoms with E-state index in [0.717, 1.165) is 12.8 Å². The van der Waals surface area contributed by atoms with E-state index in [1.54, 1.807) is 4.90 Å². The second kappa shape index (κ2) is 7.34. The number of hydrogen-bond donors (Lipinski definition) is 0. The first-order valence-electron chi connectivity index (χ1n) is 8.76. The molecular formula is C18H22N4O5. The van der Waals surface area contributed by atoms with E-state index in [0.29, 0.717) is 23.5 Å². The van der Waals surface area contributed by atoms with Crippen LogP contribution in [0.25, 0.3) is 11.0 Å². The summed E-state index contributed by atoms with van der Waals surface area (Å²) in [6.45, 7) is 6.42. The molecule has 0 aliphatic carbocycles. The number of amides is 1. The van der Waals surface area contributed by atoms with Gasteiger partial charge in [-0.15, -0.1) is 0 Å². The van der Waals surface area contributed by atoms with Crippen molar-refractivity contribution in [2.24, 2.45) is 0 Å². The van der Waals surface area contributed by atoms with Gasteiger partial charge in [-0.05, 0) is 39.7 Å². The van der Waals surface area contributed by atoms with E-state index in [4.69, 9.17) is 9.47 Å². The Morgan fingerprint density at radius 2 is 2.15 bits per heavy atom. The highest BCUT2D eigenvalue weighted by molar-refractivity contribution is 5.77. The molecule has 2 heterocycles. The first-order valence-corrected chi connectivity index (χ1v) is 8.76. The summed E-state index contributed by atoms with van der Waals surface area (Å²) in [6.07, 6.45) is 2.80. The molecule has 9 nitrogen and oxygen atoms in total. The van der Waals surface area contributed by atoms with Crippen LogP contribution in [-0.4, -0.2) is 50.7 Å². The SMILES string of the molecule is CC(C)(C)OC(=O)N1CCCC1COc1cnc2cc([N+](=O)[O-])ccc2n1. The minimum absolute atomic E-state index is 0.0376. The monoisotopic (exact) mass is 374 g/mol. The van der Waals surface area contributed by atoms with E-state index in [1.165, 1.54) is 24.4 Å². The number of likely N-dealkylation sites (tertiary alicyclic amines) is 1. The lowest BCUT2D eigenvalue weighted by atomic mass is 10.2. The van der Waals surface area contributed by atoms with Crippen molar-refractivity contribution in [3.8, 4) is 5.88 Å². The fraction of sp³-hybridized carbons (Fsp3) is 0.500. The van der Waals surface area contributed by atoms with Crippen molar-refractivity contribution in [1.82, 2.24) is 14.9 Å². The van der Waals surface area contributed by atoms with Crippen LogP contribution in [0.1, 0.15) is 33.6 Å². The van der Waals surface area contributed by atoms with Gasteiger partial charge < -0.3 is 14.4 Å². The molecule has 1 aromatic heterocycles. The Morgan fingerprint density at radius 3 is 2.85 bits per heavy atom. The summed E-state index contributed by atoms with van der Waals surface area (Å²) < 4.78 is 11.2. The molecule has 1 fully saturated rings. The molecule has 0 saturated carbocycles. The van der Waals surface area contributed by atoms with E-state index in [-0.39, 0.29) is 24.4 Å². The van der Waals surface area contributed by atoms with Crippen LogP contribution in [0.3, 0.4) is 0 Å². The molecule has 0 N–H and O–H groups in total. The Kier molecular flexibility index (Phi) is 5.11. The third-order valence-electron chi connectivity index (χ3n) is 4.14. The highest BCUT2D eigenvalue weighted by Crippen LogP contribution is 2.23. The fourth-order valence-corrected chi connectivity index (χ4v) is 2.92. The Labute approximate surface area is 156 Å². The van der Waals surface area contributed by atoms with Crippen LogP contribution >= 0.6 is 0 Å². The van der Waals surface area contributed by atoms with Crippen LogP contribution in [0.2, 0.25) is 0 Å².